The Kier molecular flexibility index (Phi) is 5.35. The van der Waals surface area contributed by atoms with Gasteiger partial charge in [-0.2, -0.15) is 0 Å². The number of fused-ring (bicyclic) bond motifs is 2. The van der Waals surface area contributed by atoms with Gasteiger partial charge in [0.15, 0.2) is 6.10 Å². The molecule has 0 radical (unpaired) electrons. The zero-order valence-corrected chi connectivity index (χ0v) is 17.0. The van der Waals surface area contributed by atoms with E-state index >= 15 is 0 Å². The maximum atomic E-state index is 12.6. The van der Waals surface area contributed by atoms with Gasteiger partial charge in [-0.15, -0.1) is 0 Å². The summed E-state index contributed by atoms with van der Waals surface area (Å²) in [5.74, 6) is -0.167. The van der Waals surface area contributed by atoms with Gasteiger partial charge in [0, 0.05) is 26.6 Å². The molecule has 0 aliphatic carbocycles. The lowest BCUT2D eigenvalue weighted by atomic mass is 10.1. The van der Waals surface area contributed by atoms with Crippen LogP contribution in [0.25, 0.3) is 10.9 Å². The van der Waals surface area contributed by atoms with Crippen LogP contribution in [-0.2, 0) is 29.0 Å². The van der Waals surface area contributed by atoms with Gasteiger partial charge in [-0.1, -0.05) is 30.3 Å². The van der Waals surface area contributed by atoms with E-state index in [0.717, 1.165) is 24.2 Å². The van der Waals surface area contributed by atoms with Gasteiger partial charge in [0.1, 0.15) is 5.82 Å². The van der Waals surface area contributed by atoms with E-state index in [1.54, 1.807) is 36.7 Å². The highest BCUT2D eigenvalue weighted by molar-refractivity contribution is 5.95. The molecule has 1 aliphatic heterocycles. The minimum atomic E-state index is -0.930. The molecule has 0 spiro atoms. The Morgan fingerprint density at radius 1 is 1.20 bits per heavy atom. The van der Waals surface area contributed by atoms with Crippen LogP contribution in [0.4, 0.5) is 0 Å². The van der Waals surface area contributed by atoms with E-state index in [2.05, 4.69) is 4.98 Å². The first-order valence-electron chi connectivity index (χ1n) is 9.97. The third kappa shape index (κ3) is 3.83. The van der Waals surface area contributed by atoms with Crippen molar-refractivity contribution >= 4 is 22.8 Å². The SMILES string of the molecule is C[C@H](OC(=O)c1ccc2c(=O)n3c(nc2c1)CCC3)C(=O)N(C)Cc1ccccc1. The molecule has 2 aromatic carbocycles. The fourth-order valence-corrected chi connectivity index (χ4v) is 3.74. The Morgan fingerprint density at radius 2 is 1.97 bits per heavy atom. The molecule has 1 atom stereocenters. The second kappa shape index (κ2) is 8.10. The predicted molar refractivity (Wildman–Crippen MR) is 112 cm³/mol. The molecule has 0 bridgehead atoms. The average Bonchev–Trinajstić information content (AvgIpc) is 3.22. The highest BCUT2D eigenvalue weighted by Crippen LogP contribution is 2.17. The number of amides is 1. The summed E-state index contributed by atoms with van der Waals surface area (Å²) in [6, 6.07) is 14.3. The number of rotatable bonds is 5. The number of esters is 1. The summed E-state index contributed by atoms with van der Waals surface area (Å²) in [6.07, 6.45) is 0.712. The summed E-state index contributed by atoms with van der Waals surface area (Å²) in [5.41, 5.74) is 1.65. The van der Waals surface area contributed by atoms with Crippen molar-refractivity contribution in [3.8, 4) is 0 Å². The maximum Gasteiger partial charge on any atom is 0.338 e. The Hall–Kier alpha value is -3.48. The van der Waals surface area contributed by atoms with E-state index in [4.69, 9.17) is 4.74 Å². The van der Waals surface area contributed by atoms with Gasteiger partial charge in [0.05, 0.1) is 16.5 Å². The third-order valence-corrected chi connectivity index (χ3v) is 5.32. The molecule has 1 aromatic heterocycles. The van der Waals surface area contributed by atoms with Gasteiger partial charge in [-0.3, -0.25) is 14.2 Å². The van der Waals surface area contributed by atoms with Gasteiger partial charge in [-0.25, -0.2) is 9.78 Å². The van der Waals surface area contributed by atoms with Crippen molar-refractivity contribution in [1.29, 1.82) is 0 Å². The topological polar surface area (TPSA) is 81.5 Å². The number of benzene rings is 2. The van der Waals surface area contributed by atoms with Crippen LogP contribution in [0.1, 0.15) is 35.1 Å². The minimum absolute atomic E-state index is 0.0847. The second-order valence-corrected chi connectivity index (χ2v) is 7.55. The Bertz CT molecular complexity index is 1170. The molecule has 30 heavy (non-hydrogen) atoms. The molecule has 1 aliphatic rings. The van der Waals surface area contributed by atoms with Crippen LogP contribution in [0, 0.1) is 0 Å². The molecule has 4 rings (SSSR count). The summed E-state index contributed by atoms with van der Waals surface area (Å²) in [5, 5.41) is 0.476. The van der Waals surface area contributed by atoms with Crippen LogP contribution < -0.4 is 5.56 Å². The highest BCUT2D eigenvalue weighted by atomic mass is 16.5. The van der Waals surface area contributed by atoms with Gasteiger partial charge in [0.2, 0.25) is 0 Å². The molecule has 0 N–H and O–H groups in total. The highest BCUT2D eigenvalue weighted by Gasteiger charge is 2.23. The van der Waals surface area contributed by atoms with Gasteiger partial charge >= 0.3 is 5.97 Å². The van der Waals surface area contributed by atoms with Gasteiger partial charge in [-0.05, 0) is 37.1 Å². The second-order valence-electron chi connectivity index (χ2n) is 7.55. The smallest absolute Gasteiger partial charge is 0.338 e. The predicted octanol–water partition coefficient (Wildman–Crippen LogP) is 2.55. The summed E-state index contributed by atoms with van der Waals surface area (Å²) in [6.45, 7) is 2.66. The van der Waals surface area contributed by atoms with Crippen LogP contribution in [0.15, 0.2) is 53.3 Å². The van der Waals surface area contributed by atoms with Crippen molar-refractivity contribution in [1.82, 2.24) is 14.5 Å². The molecule has 3 aromatic rings. The van der Waals surface area contributed by atoms with E-state index in [9.17, 15) is 14.4 Å². The number of carbonyl (C=O) groups is 2. The first kappa shape index (κ1) is 19.8. The van der Waals surface area contributed by atoms with Crippen LogP contribution in [-0.4, -0.2) is 39.5 Å². The Morgan fingerprint density at radius 3 is 2.73 bits per heavy atom. The number of ether oxygens (including phenoxy) is 1. The fourth-order valence-electron chi connectivity index (χ4n) is 3.74. The van der Waals surface area contributed by atoms with E-state index < -0.39 is 12.1 Å². The van der Waals surface area contributed by atoms with E-state index in [1.165, 1.54) is 4.90 Å². The van der Waals surface area contributed by atoms with Crippen molar-refractivity contribution in [3.63, 3.8) is 0 Å². The first-order valence-corrected chi connectivity index (χ1v) is 9.97. The molecule has 7 heteroatoms. The molecular weight excluding hydrogens is 382 g/mol. The van der Waals surface area contributed by atoms with E-state index in [0.29, 0.717) is 24.0 Å². The quantitative estimate of drug-likeness (QED) is 0.610. The number of carbonyl (C=O) groups excluding carboxylic acids is 2. The first-order chi connectivity index (χ1) is 14.4. The Labute approximate surface area is 173 Å². The summed E-state index contributed by atoms with van der Waals surface area (Å²) < 4.78 is 7.07. The lowest BCUT2D eigenvalue weighted by Crippen LogP contribution is -2.37. The van der Waals surface area contributed by atoms with Crippen molar-refractivity contribution in [2.75, 3.05) is 7.05 Å². The molecule has 154 valence electrons. The van der Waals surface area contributed by atoms with E-state index in [1.807, 2.05) is 30.3 Å². The Balaban J connectivity index is 1.47. The maximum absolute atomic E-state index is 12.6. The lowest BCUT2D eigenvalue weighted by molar-refractivity contribution is -0.139. The molecule has 1 amide bonds. The number of aromatic nitrogens is 2. The van der Waals surface area contributed by atoms with Crippen LogP contribution in [0.3, 0.4) is 0 Å². The molecule has 0 saturated carbocycles. The minimum Gasteiger partial charge on any atom is -0.449 e. The van der Waals surface area contributed by atoms with Gasteiger partial charge in [0.25, 0.3) is 11.5 Å². The molecule has 7 nitrogen and oxygen atoms in total. The number of aryl methyl sites for hydroxylation is 1. The average molecular weight is 405 g/mol. The van der Waals surface area contributed by atoms with Crippen molar-refractivity contribution < 1.29 is 14.3 Å². The van der Waals surface area contributed by atoms with Crippen molar-refractivity contribution in [2.24, 2.45) is 0 Å². The van der Waals surface area contributed by atoms with Crippen LogP contribution in [0.5, 0.6) is 0 Å². The zero-order chi connectivity index (χ0) is 21.3. The monoisotopic (exact) mass is 405 g/mol. The fraction of sp³-hybridized carbons (Fsp3) is 0.304. The van der Waals surface area contributed by atoms with Crippen molar-refractivity contribution in [2.45, 2.75) is 39.0 Å². The molecule has 0 saturated heterocycles. The van der Waals surface area contributed by atoms with E-state index in [-0.39, 0.29) is 17.0 Å². The largest absolute Gasteiger partial charge is 0.449 e. The number of nitrogens with zero attached hydrogens (tertiary/aromatic N) is 3. The van der Waals surface area contributed by atoms with Crippen molar-refractivity contribution in [3.05, 3.63) is 75.8 Å². The number of hydrogen-bond donors (Lipinski definition) is 0. The summed E-state index contributed by atoms with van der Waals surface area (Å²) in [4.78, 5) is 43.8. The van der Waals surface area contributed by atoms with Gasteiger partial charge < -0.3 is 9.64 Å². The molecule has 0 fully saturated rings. The zero-order valence-electron chi connectivity index (χ0n) is 17.0. The van der Waals surface area contributed by atoms with Crippen LogP contribution >= 0.6 is 0 Å². The normalized spacial score (nSPS) is 13.7. The third-order valence-electron chi connectivity index (χ3n) is 5.32. The molecular formula is C23H23N3O4. The summed E-state index contributed by atoms with van der Waals surface area (Å²) in [7, 11) is 1.67. The van der Waals surface area contributed by atoms with Crippen LogP contribution in [0.2, 0.25) is 0 Å². The standard InChI is InChI=1S/C23H23N3O4/c1-15(21(27)25(2)14-16-7-4-3-5-8-16)30-23(29)17-10-11-18-19(13-17)24-20-9-6-12-26(20)22(18)28/h3-5,7-8,10-11,13,15H,6,9,12,14H2,1-2H3/t15-/m0/s1. The molecule has 2 heterocycles. The summed E-state index contributed by atoms with van der Waals surface area (Å²) >= 11 is 0. The lowest BCUT2D eigenvalue weighted by Gasteiger charge is -2.21. The molecule has 0 unspecified atom stereocenters. The number of hydrogen-bond acceptors (Lipinski definition) is 5. The number of likely N-dealkylation sites (N-methyl/N-ethyl adjacent to an activating group) is 1.